The number of nitrogens with zero attached hydrogens (tertiary/aromatic N) is 1. The summed E-state index contributed by atoms with van der Waals surface area (Å²) >= 11 is 0. The SMILES string of the molecule is CC(=O)Oc1cc(C2OCCCO2)cc2c1c(C=O)c1n2C[C@H](NC(=O)OC(C)(C)C)[C@@H]1OC(C)=O. The smallest absolute Gasteiger partial charge is 0.408 e. The summed E-state index contributed by atoms with van der Waals surface area (Å²) in [6.07, 6.45) is -0.949. The van der Waals surface area contributed by atoms with Crippen molar-refractivity contribution in [2.24, 2.45) is 0 Å². The molecule has 2 aromatic rings. The molecule has 11 nitrogen and oxygen atoms in total. The van der Waals surface area contributed by atoms with E-state index in [1.54, 1.807) is 37.5 Å². The summed E-state index contributed by atoms with van der Waals surface area (Å²) in [5.41, 5.74) is 0.988. The van der Waals surface area contributed by atoms with Crippen LogP contribution in [0.4, 0.5) is 4.79 Å². The van der Waals surface area contributed by atoms with Gasteiger partial charge >= 0.3 is 18.0 Å². The molecule has 1 fully saturated rings. The Morgan fingerprint density at radius 1 is 1.11 bits per heavy atom. The van der Waals surface area contributed by atoms with Gasteiger partial charge in [0.25, 0.3) is 0 Å². The number of alkyl carbamates (subject to hydrolysis) is 1. The quantitative estimate of drug-likeness (QED) is 0.371. The lowest BCUT2D eigenvalue weighted by Gasteiger charge is -2.25. The van der Waals surface area contributed by atoms with E-state index >= 15 is 0 Å². The highest BCUT2D eigenvalue weighted by molar-refractivity contribution is 6.04. The van der Waals surface area contributed by atoms with Gasteiger partial charge in [0.1, 0.15) is 11.4 Å². The summed E-state index contributed by atoms with van der Waals surface area (Å²) in [6, 6.07) is 2.69. The number of esters is 2. The van der Waals surface area contributed by atoms with Gasteiger partial charge in [-0.25, -0.2) is 4.79 Å². The maximum Gasteiger partial charge on any atom is 0.408 e. The fourth-order valence-electron chi connectivity index (χ4n) is 4.56. The number of aldehydes is 1. The molecule has 1 saturated heterocycles. The van der Waals surface area contributed by atoms with Crippen LogP contribution in [0, 0.1) is 0 Å². The maximum atomic E-state index is 12.5. The second-order valence-corrected chi connectivity index (χ2v) is 9.74. The van der Waals surface area contributed by atoms with Crippen LogP contribution in [0.5, 0.6) is 5.75 Å². The van der Waals surface area contributed by atoms with Gasteiger partial charge in [-0.05, 0) is 39.3 Å². The molecule has 2 aliphatic heterocycles. The minimum Gasteiger partial charge on any atom is -0.454 e. The van der Waals surface area contributed by atoms with Gasteiger partial charge in [0.15, 0.2) is 18.7 Å². The molecule has 0 saturated carbocycles. The summed E-state index contributed by atoms with van der Waals surface area (Å²) < 4.78 is 29.7. The third kappa shape index (κ3) is 5.21. The lowest BCUT2D eigenvalue weighted by atomic mass is 10.0. The zero-order valence-corrected chi connectivity index (χ0v) is 20.9. The Bertz CT molecular complexity index is 1200. The van der Waals surface area contributed by atoms with Gasteiger partial charge in [0.05, 0.1) is 41.4 Å². The number of amides is 1. The maximum absolute atomic E-state index is 12.5. The van der Waals surface area contributed by atoms with Crippen LogP contribution in [0.15, 0.2) is 12.1 Å². The summed E-state index contributed by atoms with van der Waals surface area (Å²) in [6.45, 7) is 8.91. The van der Waals surface area contributed by atoms with Crippen LogP contribution >= 0.6 is 0 Å². The lowest BCUT2D eigenvalue weighted by Crippen LogP contribution is -2.42. The number of rotatable bonds is 5. The number of carbonyl (C=O) groups excluding carboxylic acids is 4. The summed E-state index contributed by atoms with van der Waals surface area (Å²) in [5.74, 6) is -0.991. The first-order valence-corrected chi connectivity index (χ1v) is 11.7. The molecular formula is C25H30N2O9. The Kier molecular flexibility index (Phi) is 7.05. The highest BCUT2D eigenvalue weighted by atomic mass is 16.7. The standard InChI is InChI=1S/C25H30N2O9/c1-13(29)34-19-10-15(23-32-7-6-8-33-23)9-18-20(19)16(12-28)21-22(35-14(2)30)17(11-27(18)21)26-24(31)36-25(3,4)5/h9-10,12,17,22-23H,6-8,11H2,1-5H3,(H,26,31)/t17-,22-/m0/s1. The van der Waals surface area contributed by atoms with Crippen molar-refractivity contribution >= 4 is 35.2 Å². The summed E-state index contributed by atoms with van der Waals surface area (Å²) in [7, 11) is 0. The van der Waals surface area contributed by atoms with E-state index in [0.717, 1.165) is 6.42 Å². The van der Waals surface area contributed by atoms with Crippen molar-refractivity contribution < 1.29 is 42.9 Å². The minimum atomic E-state index is -0.974. The first-order valence-electron chi connectivity index (χ1n) is 11.7. The van der Waals surface area contributed by atoms with Crippen LogP contribution in [-0.4, -0.2) is 53.7 Å². The zero-order chi connectivity index (χ0) is 26.2. The predicted octanol–water partition coefficient (Wildman–Crippen LogP) is 3.33. The molecule has 1 N–H and O–H groups in total. The fraction of sp³-hybridized carbons (Fsp3) is 0.520. The van der Waals surface area contributed by atoms with E-state index in [1.165, 1.54) is 13.8 Å². The molecule has 2 aliphatic rings. The van der Waals surface area contributed by atoms with Gasteiger partial charge in [-0.2, -0.15) is 0 Å². The molecule has 1 amide bonds. The Labute approximate surface area is 207 Å². The van der Waals surface area contributed by atoms with Crippen LogP contribution < -0.4 is 10.1 Å². The Morgan fingerprint density at radius 3 is 2.39 bits per heavy atom. The number of aromatic nitrogens is 1. The van der Waals surface area contributed by atoms with Crippen LogP contribution in [0.3, 0.4) is 0 Å². The number of fused-ring (bicyclic) bond motifs is 3. The zero-order valence-electron chi connectivity index (χ0n) is 20.9. The van der Waals surface area contributed by atoms with Crippen molar-refractivity contribution in [3.8, 4) is 5.75 Å². The first kappa shape index (κ1) is 25.6. The van der Waals surface area contributed by atoms with Crippen LogP contribution in [0.1, 0.15) is 75.0 Å². The molecule has 194 valence electrons. The van der Waals surface area contributed by atoms with Gasteiger partial charge in [-0.15, -0.1) is 0 Å². The number of hydrogen-bond acceptors (Lipinski definition) is 9. The van der Waals surface area contributed by atoms with Crippen molar-refractivity contribution in [3.63, 3.8) is 0 Å². The molecule has 0 aliphatic carbocycles. The molecular weight excluding hydrogens is 472 g/mol. The number of benzene rings is 1. The number of ether oxygens (including phenoxy) is 5. The van der Waals surface area contributed by atoms with Crippen molar-refractivity contribution in [3.05, 3.63) is 29.0 Å². The normalized spacial score (nSPS) is 20.0. The molecule has 1 aromatic heterocycles. The molecule has 4 rings (SSSR count). The summed E-state index contributed by atoms with van der Waals surface area (Å²) in [4.78, 5) is 48.8. The molecule has 0 bridgehead atoms. The number of hydrogen-bond donors (Lipinski definition) is 1. The van der Waals surface area contributed by atoms with Gasteiger partial charge in [0.2, 0.25) is 0 Å². The van der Waals surface area contributed by atoms with Crippen molar-refractivity contribution in [2.75, 3.05) is 13.2 Å². The van der Waals surface area contributed by atoms with Gasteiger partial charge in [-0.1, -0.05) is 0 Å². The molecule has 36 heavy (non-hydrogen) atoms. The Hall–Kier alpha value is -3.44. The van der Waals surface area contributed by atoms with Crippen LogP contribution in [0.25, 0.3) is 10.9 Å². The van der Waals surface area contributed by atoms with Gasteiger partial charge in [-0.3, -0.25) is 14.4 Å². The fourth-order valence-corrected chi connectivity index (χ4v) is 4.56. The van der Waals surface area contributed by atoms with E-state index in [9.17, 15) is 19.2 Å². The van der Waals surface area contributed by atoms with Gasteiger partial charge < -0.3 is 33.6 Å². The average Bonchev–Trinajstić information content (AvgIpc) is 3.27. The summed E-state index contributed by atoms with van der Waals surface area (Å²) in [5, 5.41) is 3.15. The molecule has 11 heteroatoms. The predicted molar refractivity (Wildman–Crippen MR) is 126 cm³/mol. The molecule has 1 aromatic carbocycles. The second kappa shape index (κ2) is 9.90. The second-order valence-electron chi connectivity index (χ2n) is 9.74. The topological polar surface area (TPSA) is 131 Å². The van der Waals surface area contributed by atoms with E-state index < -0.39 is 42.1 Å². The van der Waals surface area contributed by atoms with E-state index in [-0.39, 0.29) is 17.9 Å². The van der Waals surface area contributed by atoms with Crippen LogP contribution in [0.2, 0.25) is 0 Å². The highest BCUT2D eigenvalue weighted by Crippen LogP contribution is 2.44. The van der Waals surface area contributed by atoms with Crippen molar-refractivity contribution in [1.82, 2.24) is 9.88 Å². The van der Waals surface area contributed by atoms with E-state index in [0.29, 0.717) is 41.7 Å². The van der Waals surface area contributed by atoms with Crippen LogP contribution in [-0.2, 0) is 35.1 Å². The van der Waals surface area contributed by atoms with E-state index in [1.807, 2.05) is 0 Å². The molecule has 2 atom stereocenters. The number of nitrogens with one attached hydrogen (secondary N) is 1. The minimum absolute atomic E-state index is 0.162. The third-order valence-corrected chi connectivity index (χ3v) is 5.71. The highest BCUT2D eigenvalue weighted by Gasteiger charge is 2.42. The largest absolute Gasteiger partial charge is 0.454 e. The monoisotopic (exact) mass is 502 g/mol. The molecule has 3 heterocycles. The van der Waals surface area contributed by atoms with Gasteiger partial charge in [0, 0.05) is 26.0 Å². The van der Waals surface area contributed by atoms with Crippen molar-refractivity contribution in [1.29, 1.82) is 0 Å². The Morgan fingerprint density at radius 2 is 1.81 bits per heavy atom. The van der Waals surface area contributed by atoms with Crippen molar-refractivity contribution in [2.45, 2.75) is 71.6 Å². The first-order chi connectivity index (χ1) is 17.0. The molecule has 0 unspecified atom stereocenters. The number of carbonyl (C=O) groups is 4. The average molecular weight is 503 g/mol. The lowest BCUT2D eigenvalue weighted by molar-refractivity contribution is -0.183. The van der Waals surface area contributed by atoms with E-state index in [2.05, 4.69) is 5.32 Å². The molecule has 0 spiro atoms. The third-order valence-electron chi connectivity index (χ3n) is 5.71. The Balaban J connectivity index is 1.84. The molecule has 0 radical (unpaired) electrons. The van der Waals surface area contributed by atoms with E-state index in [4.69, 9.17) is 23.7 Å².